The number of carbonyl (C=O) groups excluding carboxylic acids is 1. The average Bonchev–Trinajstić information content (AvgIpc) is 2.49. The predicted molar refractivity (Wildman–Crippen MR) is 82.7 cm³/mol. The second-order valence-electron chi connectivity index (χ2n) is 4.82. The van der Waals surface area contributed by atoms with Crippen LogP contribution in [-0.2, 0) is 13.0 Å². The minimum Gasteiger partial charge on any atom is -0.323 e. The molecule has 2 amide bonds. The van der Waals surface area contributed by atoms with Crippen molar-refractivity contribution >= 4 is 11.7 Å². The average molecular weight is 268 g/mol. The van der Waals surface area contributed by atoms with E-state index in [0.717, 1.165) is 17.7 Å². The molecular formula is C17H20N2O. The Bertz CT molecular complexity index is 549. The van der Waals surface area contributed by atoms with Crippen LogP contribution in [0.2, 0.25) is 0 Å². The fourth-order valence-electron chi connectivity index (χ4n) is 1.97. The van der Waals surface area contributed by atoms with Crippen molar-refractivity contribution in [2.24, 2.45) is 0 Å². The Balaban J connectivity index is 1.93. The first-order valence-corrected chi connectivity index (χ1v) is 6.84. The van der Waals surface area contributed by atoms with Gasteiger partial charge in [-0.25, -0.2) is 4.79 Å². The normalized spacial score (nSPS) is 10.1. The van der Waals surface area contributed by atoms with Crippen LogP contribution >= 0.6 is 0 Å². The summed E-state index contributed by atoms with van der Waals surface area (Å²) in [4.78, 5) is 13.8. The van der Waals surface area contributed by atoms with Gasteiger partial charge in [0.2, 0.25) is 0 Å². The highest BCUT2D eigenvalue weighted by molar-refractivity contribution is 5.89. The molecule has 0 atom stereocenters. The number of anilines is 1. The van der Waals surface area contributed by atoms with Gasteiger partial charge in [-0.3, -0.25) is 0 Å². The molecule has 3 heteroatoms. The second-order valence-corrected chi connectivity index (χ2v) is 4.82. The molecule has 1 N–H and O–H groups in total. The molecule has 2 aromatic carbocycles. The highest BCUT2D eigenvalue weighted by Crippen LogP contribution is 2.11. The Kier molecular flexibility index (Phi) is 4.77. The molecule has 0 radical (unpaired) electrons. The summed E-state index contributed by atoms with van der Waals surface area (Å²) < 4.78 is 0. The molecule has 3 nitrogen and oxygen atoms in total. The number of nitrogens with zero attached hydrogens (tertiary/aromatic N) is 1. The van der Waals surface area contributed by atoms with Gasteiger partial charge in [0.05, 0.1) is 0 Å². The number of benzene rings is 2. The van der Waals surface area contributed by atoms with Crippen LogP contribution in [0.4, 0.5) is 10.5 Å². The molecule has 0 aliphatic heterocycles. The fourth-order valence-corrected chi connectivity index (χ4v) is 1.97. The largest absolute Gasteiger partial charge is 0.323 e. The molecule has 20 heavy (non-hydrogen) atoms. The van der Waals surface area contributed by atoms with E-state index in [2.05, 4.69) is 12.2 Å². The topological polar surface area (TPSA) is 32.3 Å². The Morgan fingerprint density at radius 2 is 1.65 bits per heavy atom. The van der Waals surface area contributed by atoms with E-state index < -0.39 is 0 Å². The summed E-state index contributed by atoms with van der Waals surface area (Å²) in [5.41, 5.74) is 3.21. The van der Waals surface area contributed by atoms with E-state index in [9.17, 15) is 4.79 Å². The van der Waals surface area contributed by atoms with Gasteiger partial charge in [-0.05, 0) is 29.7 Å². The highest BCUT2D eigenvalue weighted by atomic mass is 16.2. The molecule has 0 aromatic heterocycles. The van der Waals surface area contributed by atoms with Crippen LogP contribution in [0.1, 0.15) is 18.1 Å². The van der Waals surface area contributed by atoms with Crippen LogP contribution in [-0.4, -0.2) is 18.0 Å². The summed E-state index contributed by atoms with van der Waals surface area (Å²) in [7, 11) is 1.79. The third kappa shape index (κ3) is 3.85. The Morgan fingerprint density at radius 3 is 2.25 bits per heavy atom. The summed E-state index contributed by atoms with van der Waals surface area (Å²) in [5.74, 6) is 0. The highest BCUT2D eigenvalue weighted by Gasteiger charge is 2.08. The van der Waals surface area contributed by atoms with Crippen LogP contribution in [0.25, 0.3) is 0 Å². The number of amides is 2. The summed E-state index contributed by atoms with van der Waals surface area (Å²) in [6, 6.07) is 17.8. The lowest BCUT2D eigenvalue weighted by molar-refractivity contribution is 0.220. The van der Waals surface area contributed by atoms with Crippen molar-refractivity contribution in [2.45, 2.75) is 19.9 Å². The maximum atomic E-state index is 12.1. The molecule has 0 heterocycles. The van der Waals surface area contributed by atoms with E-state index >= 15 is 0 Å². The molecule has 0 unspecified atom stereocenters. The Labute approximate surface area is 120 Å². The molecule has 0 aliphatic rings. The number of rotatable bonds is 4. The van der Waals surface area contributed by atoms with Crippen molar-refractivity contribution in [1.82, 2.24) is 4.90 Å². The van der Waals surface area contributed by atoms with E-state index in [1.807, 2.05) is 54.6 Å². The number of hydrogen-bond acceptors (Lipinski definition) is 1. The quantitative estimate of drug-likeness (QED) is 0.895. The van der Waals surface area contributed by atoms with E-state index in [0.29, 0.717) is 6.54 Å². The monoisotopic (exact) mass is 268 g/mol. The van der Waals surface area contributed by atoms with E-state index in [1.165, 1.54) is 5.56 Å². The van der Waals surface area contributed by atoms with Gasteiger partial charge in [0, 0.05) is 19.3 Å². The molecular weight excluding hydrogens is 248 g/mol. The van der Waals surface area contributed by atoms with Gasteiger partial charge in [0.1, 0.15) is 0 Å². The maximum absolute atomic E-state index is 12.1. The summed E-state index contributed by atoms with van der Waals surface area (Å²) in [5, 5.41) is 2.90. The smallest absolute Gasteiger partial charge is 0.321 e. The van der Waals surface area contributed by atoms with Gasteiger partial charge in [-0.1, -0.05) is 49.4 Å². The second kappa shape index (κ2) is 6.75. The van der Waals surface area contributed by atoms with E-state index in [4.69, 9.17) is 0 Å². The first kappa shape index (κ1) is 14.1. The van der Waals surface area contributed by atoms with Gasteiger partial charge in [-0.15, -0.1) is 0 Å². The van der Waals surface area contributed by atoms with Crippen molar-refractivity contribution < 1.29 is 4.79 Å². The molecule has 104 valence electrons. The number of hydrogen-bond donors (Lipinski definition) is 1. The van der Waals surface area contributed by atoms with Crippen LogP contribution in [0.5, 0.6) is 0 Å². The predicted octanol–water partition coefficient (Wildman–Crippen LogP) is 3.91. The molecule has 0 saturated carbocycles. The number of nitrogens with one attached hydrogen (secondary N) is 1. The fraction of sp³-hybridized carbons (Fsp3) is 0.235. The molecule has 2 rings (SSSR count). The van der Waals surface area contributed by atoms with Crippen LogP contribution < -0.4 is 5.32 Å². The molecule has 0 fully saturated rings. The zero-order valence-electron chi connectivity index (χ0n) is 12.0. The first-order valence-electron chi connectivity index (χ1n) is 6.84. The minimum atomic E-state index is -0.0990. The molecule has 2 aromatic rings. The standard InChI is InChI=1S/C17H20N2O/c1-3-14-9-11-16(12-10-14)18-17(20)19(2)13-15-7-5-4-6-8-15/h4-12H,3,13H2,1-2H3,(H,18,20). The first-order chi connectivity index (χ1) is 9.69. The zero-order chi connectivity index (χ0) is 14.4. The summed E-state index contributed by atoms with van der Waals surface area (Å²) in [6.45, 7) is 2.71. The molecule has 0 saturated heterocycles. The Morgan fingerprint density at radius 1 is 1.00 bits per heavy atom. The summed E-state index contributed by atoms with van der Waals surface area (Å²) >= 11 is 0. The van der Waals surface area contributed by atoms with Crippen LogP contribution in [0, 0.1) is 0 Å². The molecule has 0 aliphatic carbocycles. The SMILES string of the molecule is CCc1ccc(NC(=O)N(C)Cc2ccccc2)cc1. The third-order valence-corrected chi connectivity index (χ3v) is 3.22. The number of carbonyl (C=O) groups is 1. The van der Waals surface area contributed by atoms with Crippen molar-refractivity contribution in [3.8, 4) is 0 Å². The van der Waals surface area contributed by atoms with Crippen molar-refractivity contribution in [2.75, 3.05) is 12.4 Å². The summed E-state index contributed by atoms with van der Waals surface area (Å²) in [6.07, 6.45) is 1.00. The van der Waals surface area contributed by atoms with Crippen molar-refractivity contribution in [3.63, 3.8) is 0 Å². The molecule has 0 bridgehead atoms. The number of aryl methyl sites for hydroxylation is 1. The van der Waals surface area contributed by atoms with Crippen molar-refractivity contribution in [1.29, 1.82) is 0 Å². The van der Waals surface area contributed by atoms with Crippen LogP contribution in [0.15, 0.2) is 54.6 Å². The van der Waals surface area contributed by atoms with Gasteiger partial charge < -0.3 is 10.2 Å². The lowest BCUT2D eigenvalue weighted by Crippen LogP contribution is -2.30. The van der Waals surface area contributed by atoms with E-state index in [1.54, 1.807) is 11.9 Å². The van der Waals surface area contributed by atoms with Crippen molar-refractivity contribution in [3.05, 3.63) is 65.7 Å². The number of urea groups is 1. The van der Waals surface area contributed by atoms with Gasteiger partial charge in [-0.2, -0.15) is 0 Å². The van der Waals surface area contributed by atoms with E-state index in [-0.39, 0.29) is 6.03 Å². The lowest BCUT2D eigenvalue weighted by Gasteiger charge is -2.18. The maximum Gasteiger partial charge on any atom is 0.321 e. The lowest BCUT2D eigenvalue weighted by atomic mass is 10.1. The van der Waals surface area contributed by atoms with Gasteiger partial charge in [0.15, 0.2) is 0 Å². The third-order valence-electron chi connectivity index (χ3n) is 3.22. The van der Waals surface area contributed by atoms with Crippen LogP contribution in [0.3, 0.4) is 0 Å². The minimum absolute atomic E-state index is 0.0990. The van der Waals surface area contributed by atoms with Gasteiger partial charge >= 0.3 is 6.03 Å². The Hall–Kier alpha value is -2.29. The molecule has 0 spiro atoms. The van der Waals surface area contributed by atoms with Gasteiger partial charge in [0.25, 0.3) is 0 Å². The zero-order valence-corrected chi connectivity index (χ0v) is 12.0.